The number of hydrogen-bond acceptors (Lipinski definition) is 2. The molecule has 2 rings (SSSR count). The Morgan fingerprint density at radius 2 is 2.06 bits per heavy atom. The van der Waals surface area contributed by atoms with Crippen LogP contribution < -0.4 is 5.32 Å². The minimum atomic E-state index is -0.329. The normalized spacial score (nSPS) is 10.4. The van der Waals surface area contributed by atoms with Crippen molar-refractivity contribution >= 4 is 49.1 Å². The summed E-state index contributed by atoms with van der Waals surface area (Å²) in [5.41, 5.74) is 1.37. The number of nitrogens with one attached hydrogen (secondary N) is 1. The fourth-order valence-corrected chi connectivity index (χ4v) is 2.70. The summed E-state index contributed by atoms with van der Waals surface area (Å²) in [6.07, 6.45) is 1.70. The lowest BCUT2D eigenvalue weighted by Gasteiger charge is -2.09. The first-order valence-electron chi connectivity index (χ1n) is 5.05. The third-order valence-electron chi connectivity index (χ3n) is 2.26. The third kappa shape index (κ3) is 3.43. The molecule has 0 spiro atoms. The van der Waals surface area contributed by atoms with Crippen LogP contribution in [-0.2, 0) is 6.54 Å². The predicted molar refractivity (Wildman–Crippen MR) is 78.4 cm³/mol. The van der Waals surface area contributed by atoms with Crippen LogP contribution in [0.5, 0.6) is 0 Å². The highest BCUT2D eigenvalue weighted by molar-refractivity contribution is 9.11. The maximum absolute atomic E-state index is 13.1. The first-order valence-corrected chi connectivity index (χ1v) is 7.01. The van der Waals surface area contributed by atoms with E-state index in [2.05, 4.69) is 42.2 Å². The molecule has 0 unspecified atom stereocenters. The smallest absolute Gasteiger partial charge is 0.125 e. The van der Waals surface area contributed by atoms with Gasteiger partial charge in [0, 0.05) is 15.1 Å². The van der Waals surface area contributed by atoms with Crippen molar-refractivity contribution in [2.75, 3.05) is 5.32 Å². The Kier molecular flexibility index (Phi) is 4.59. The molecular weight excluding hydrogens is 386 g/mol. The maximum Gasteiger partial charge on any atom is 0.125 e. The lowest BCUT2D eigenvalue weighted by molar-refractivity contribution is 0.628. The van der Waals surface area contributed by atoms with Crippen LogP contribution in [0.2, 0.25) is 5.02 Å². The van der Waals surface area contributed by atoms with E-state index in [1.807, 2.05) is 6.07 Å². The summed E-state index contributed by atoms with van der Waals surface area (Å²) < 4.78 is 14.8. The molecule has 18 heavy (non-hydrogen) atoms. The lowest BCUT2D eigenvalue weighted by Crippen LogP contribution is -2.03. The summed E-state index contributed by atoms with van der Waals surface area (Å²) >= 11 is 12.7. The van der Waals surface area contributed by atoms with E-state index in [1.165, 1.54) is 18.2 Å². The van der Waals surface area contributed by atoms with Gasteiger partial charge in [-0.25, -0.2) is 4.39 Å². The van der Waals surface area contributed by atoms with Gasteiger partial charge in [-0.05, 0) is 56.1 Å². The van der Waals surface area contributed by atoms with Crippen molar-refractivity contribution < 1.29 is 4.39 Å². The van der Waals surface area contributed by atoms with Gasteiger partial charge in [0.2, 0.25) is 0 Å². The highest BCUT2D eigenvalue weighted by Gasteiger charge is 2.05. The van der Waals surface area contributed by atoms with Crippen LogP contribution in [0.1, 0.15) is 5.69 Å². The van der Waals surface area contributed by atoms with E-state index in [4.69, 9.17) is 11.6 Å². The second-order valence-electron chi connectivity index (χ2n) is 3.56. The minimum Gasteiger partial charge on any atom is -0.378 e. The molecule has 0 radical (unpaired) electrons. The SMILES string of the molecule is Fc1ccc(Cl)c(NCc2ncc(Br)cc2Br)c1. The van der Waals surface area contributed by atoms with Crippen LogP contribution >= 0.6 is 43.5 Å². The van der Waals surface area contributed by atoms with E-state index >= 15 is 0 Å². The van der Waals surface area contributed by atoms with Crippen molar-refractivity contribution in [1.29, 1.82) is 0 Å². The fourth-order valence-electron chi connectivity index (χ4n) is 1.38. The van der Waals surface area contributed by atoms with Gasteiger partial charge in [-0.15, -0.1) is 0 Å². The average Bonchev–Trinajstić information content (AvgIpc) is 2.32. The molecule has 0 saturated carbocycles. The van der Waals surface area contributed by atoms with E-state index in [1.54, 1.807) is 6.20 Å². The molecule has 6 heteroatoms. The highest BCUT2D eigenvalue weighted by Crippen LogP contribution is 2.24. The molecule has 1 heterocycles. The average molecular weight is 394 g/mol. The van der Waals surface area contributed by atoms with E-state index < -0.39 is 0 Å². The number of aromatic nitrogens is 1. The Labute approximate surface area is 126 Å². The Hall–Kier alpha value is -0.650. The Morgan fingerprint density at radius 1 is 1.28 bits per heavy atom. The van der Waals surface area contributed by atoms with Gasteiger partial charge in [0.15, 0.2) is 0 Å². The zero-order valence-electron chi connectivity index (χ0n) is 9.05. The van der Waals surface area contributed by atoms with Crippen LogP contribution in [0.3, 0.4) is 0 Å². The molecule has 0 atom stereocenters. The second-order valence-corrected chi connectivity index (χ2v) is 5.74. The van der Waals surface area contributed by atoms with Gasteiger partial charge in [0.1, 0.15) is 5.82 Å². The molecule has 1 N–H and O–H groups in total. The third-order valence-corrected chi connectivity index (χ3v) is 3.71. The molecule has 94 valence electrons. The predicted octanol–water partition coefficient (Wildman–Crippen LogP) is 5.01. The van der Waals surface area contributed by atoms with Crippen LogP contribution in [0.15, 0.2) is 39.4 Å². The van der Waals surface area contributed by atoms with Crippen molar-refractivity contribution in [3.8, 4) is 0 Å². The molecule has 0 amide bonds. The van der Waals surface area contributed by atoms with Gasteiger partial charge in [-0.3, -0.25) is 4.98 Å². The molecule has 0 aliphatic rings. The molecule has 1 aromatic heterocycles. The standard InChI is InChI=1S/C12H8Br2ClFN2/c13-7-3-9(14)12(17-5-7)6-18-11-4-8(16)1-2-10(11)15/h1-5,18H,6H2. The Bertz CT molecular complexity index is 578. The summed E-state index contributed by atoms with van der Waals surface area (Å²) in [4.78, 5) is 4.25. The number of hydrogen-bond donors (Lipinski definition) is 1. The summed E-state index contributed by atoms with van der Waals surface area (Å²) in [6, 6.07) is 6.09. The van der Waals surface area contributed by atoms with Gasteiger partial charge in [0.05, 0.1) is 22.9 Å². The van der Waals surface area contributed by atoms with Crippen molar-refractivity contribution in [3.63, 3.8) is 0 Å². The number of anilines is 1. The van der Waals surface area contributed by atoms with Crippen LogP contribution in [0.25, 0.3) is 0 Å². The first kappa shape index (κ1) is 13.8. The fraction of sp³-hybridized carbons (Fsp3) is 0.0833. The zero-order valence-corrected chi connectivity index (χ0v) is 13.0. The highest BCUT2D eigenvalue weighted by atomic mass is 79.9. The van der Waals surface area contributed by atoms with E-state index in [0.29, 0.717) is 17.3 Å². The number of nitrogens with zero attached hydrogens (tertiary/aromatic N) is 1. The zero-order chi connectivity index (χ0) is 13.1. The minimum absolute atomic E-state index is 0.329. The number of pyridine rings is 1. The van der Waals surface area contributed by atoms with Crippen molar-refractivity contribution in [2.24, 2.45) is 0 Å². The molecule has 0 saturated heterocycles. The van der Waals surface area contributed by atoms with E-state index in [9.17, 15) is 4.39 Å². The van der Waals surface area contributed by atoms with Crippen LogP contribution in [0.4, 0.5) is 10.1 Å². The lowest BCUT2D eigenvalue weighted by atomic mass is 10.3. The summed E-state index contributed by atoms with van der Waals surface area (Å²) in [5, 5.41) is 3.53. The first-order chi connectivity index (χ1) is 8.56. The maximum atomic E-state index is 13.1. The van der Waals surface area contributed by atoms with Crippen LogP contribution in [-0.4, -0.2) is 4.98 Å². The molecule has 1 aromatic carbocycles. The van der Waals surface area contributed by atoms with Crippen molar-refractivity contribution in [1.82, 2.24) is 4.98 Å². The Morgan fingerprint density at radius 3 is 2.78 bits per heavy atom. The molecule has 0 bridgehead atoms. The van der Waals surface area contributed by atoms with Gasteiger partial charge in [-0.1, -0.05) is 11.6 Å². The van der Waals surface area contributed by atoms with Gasteiger partial charge in [-0.2, -0.15) is 0 Å². The van der Waals surface area contributed by atoms with Gasteiger partial charge >= 0.3 is 0 Å². The molecule has 0 fully saturated rings. The largest absolute Gasteiger partial charge is 0.378 e. The van der Waals surface area contributed by atoms with Gasteiger partial charge in [0.25, 0.3) is 0 Å². The molecule has 2 aromatic rings. The number of rotatable bonds is 3. The molecule has 0 aliphatic heterocycles. The van der Waals surface area contributed by atoms with E-state index in [0.717, 1.165) is 14.6 Å². The summed E-state index contributed by atoms with van der Waals surface area (Å²) in [6.45, 7) is 0.455. The second kappa shape index (κ2) is 5.99. The van der Waals surface area contributed by atoms with Crippen molar-refractivity contribution in [2.45, 2.75) is 6.54 Å². The summed E-state index contributed by atoms with van der Waals surface area (Å²) in [5.74, 6) is -0.329. The summed E-state index contributed by atoms with van der Waals surface area (Å²) in [7, 11) is 0. The molecule has 0 aliphatic carbocycles. The number of benzene rings is 1. The Balaban J connectivity index is 2.13. The van der Waals surface area contributed by atoms with Gasteiger partial charge < -0.3 is 5.32 Å². The molecule has 2 nitrogen and oxygen atoms in total. The monoisotopic (exact) mass is 392 g/mol. The van der Waals surface area contributed by atoms with Crippen LogP contribution in [0, 0.1) is 5.82 Å². The quantitative estimate of drug-likeness (QED) is 0.792. The topological polar surface area (TPSA) is 24.9 Å². The number of halogens is 4. The van der Waals surface area contributed by atoms with E-state index in [-0.39, 0.29) is 5.82 Å². The van der Waals surface area contributed by atoms with Crippen molar-refractivity contribution in [3.05, 3.63) is 55.9 Å². The molecular formula is C12H8Br2ClFN2.